The minimum absolute atomic E-state index is 0.0518. The molecule has 4 heteroatoms. The lowest BCUT2D eigenvalue weighted by atomic mass is 9.99. The molecule has 1 amide bonds. The Bertz CT molecular complexity index is 470. The van der Waals surface area contributed by atoms with Gasteiger partial charge < -0.3 is 15.4 Å². The maximum absolute atomic E-state index is 11.1. The van der Waals surface area contributed by atoms with Crippen LogP contribution in [0.2, 0.25) is 0 Å². The predicted molar refractivity (Wildman–Crippen MR) is 84.3 cm³/mol. The summed E-state index contributed by atoms with van der Waals surface area (Å²) in [7, 11) is 1.74. The molecule has 0 bridgehead atoms. The zero-order valence-electron chi connectivity index (χ0n) is 13.3. The van der Waals surface area contributed by atoms with E-state index in [1.165, 1.54) is 6.92 Å². The number of aryl methyl sites for hydroxylation is 1. The van der Waals surface area contributed by atoms with Crippen LogP contribution in [-0.2, 0) is 9.53 Å². The number of anilines is 2. The van der Waals surface area contributed by atoms with E-state index in [0.717, 1.165) is 23.4 Å². The quantitative estimate of drug-likeness (QED) is 0.836. The van der Waals surface area contributed by atoms with Gasteiger partial charge in [-0.25, -0.2) is 0 Å². The Morgan fingerprint density at radius 1 is 1.40 bits per heavy atom. The first-order valence-corrected chi connectivity index (χ1v) is 6.93. The summed E-state index contributed by atoms with van der Waals surface area (Å²) in [6.07, 6.45) is 0.913. The number of rotatable bonds is 6. The highest BCUT2D eigenvalue weighted by Crippen LogP contribution is 2.22. The fourth-order valence-electron chi connectivity index (χ4n) is 2.24. The molecule has 1 unspecified atom stereocenters. The summed E-state index contributed by atoms with van der Waals surface area (Å²) in [5.74, 6) is -0.0518. The molecule has 0 fully saturated rings. The Morgan fingerprint density at radius 2 is 2.05 bits per heavy atom. The SMILES string of the molecule is COC(C)(C)CC(C)Nc1ccc(NC(C)=O)c(C)c1. The van der Waals surface area contributed by atoms with Gasteiger partial charge in [0.25, 0.3) is 0 Å². The summed E-state index contributed by atoms with van der Waals surface area (Å²) < 4.78 is 5.45. The Balaban J connectivity index is 2.69. The zero-order valence-corrected chi connectivity index (χ0v) is 13.3. The highest BCUT2D eigenvalue weighted by molar-refractivity contribution is 5.89. The van der Waals surface area contributed by atoms with Crippen molar-refractivity contribution in [3.63, 3.8) is 0 Å². The van der Waals surface area contributed by atoms with E-state index < -0.39 is 0 Å². The third-order valence-electron chi connectivity index (χ3n) is 3.30. The molecule has 0 aromatic heterocycles. The molecular formula is C16H26N2O2. The monoisotopic (exact) mass is 278 g/mol. The van der Waals surface area contributed by atoms with Gasteiger partial charge >= 0.3 is 0 Å². The second kappa shape index (κ2) is 6.75. The van der Waals surface area contributed by atoms with Crippen molar-refractivity contribution in [2.75, 3.05) is 17.7 Å². The minimum Gasteiger partial charge on any atom is -0.382 e. The van der Waals surface area contributed by atoms with Gasteiger partial charge in [0, 0.05) is 31.5 Å². The van der Waals surface area contributed by atoms with Gasteiger partial charge in [-0.2, -0.15) is 0 Å². The van der Waals surface area contributed by atoms with E-state index in [0.29, 0.717) is 6.04 Å². The van der Waals surface area contributed by atoms with Gasteiger partial charge in [-0.05, 0) is 57.9 Å². The maximum atomic E-state index is 11.1. The first-order chi connectivity index (χ1) is 9.23. The van der Waals surface area contributed by atoms with Crippen molar-refractivity contribution in [1.29, 1.82) is 0 Å². The van der Waals surface area contributed by atoms with Crippen molar-refractivity contribution >= 4 is 17.3 Å². The first kappa shape index (κ1) is 16.5. The average Bonchev–Trinajstić information content (AvgIpc) is 2.31. The van der Waals surface area contributed by atoms with Crippen molar-refractivity contribution < 1.29 is 9.53 Å². The smallest absolute Gasteiger partial charge is 0.221 e. The third kappa shape index (κ3) is 5.21. The molecule has 0 saturated heterocycles. The van der Waals surface area contributed by atoms with E-state index >= 15 is 0 Å². The van der Waals surface area contributed by atoms with E-state index in [4.69, 9.17) is 4.74 Å². The Labute approximate surface area is 121 Å². The summed E-state index contributed by atoms with van der Waals surface area (Å²) in [4.78, 5) is 11.1. The lowest BCUT2D eigenvalue weighted by Crippen LogP contribution is -2.31. The highest BCUT2D eigenvalue weighted by Gasteiger charge is 2.20. The normalized spacial score (nSPS) is 12.9. The number of carbonyl (C=O) groups is 1. The molecular weight excluding hydrogens is 252 g/mol. The largest absolute Gasteiger partial charge is 0.382 e. The number of methoxy groups -OCH3 is 1. The summed E-state index contributed by atoms with van der Waals surface area (Å²) in [5.41, 5.74) is 2.81. The summed E-state index contributed by atoms with van der Waals surface area (Å²) in [6, 6.07) is 6.25. The van der Waals surface area contributed by atoms with Gasteiger partial charge in [0.15, 0.2) is 0 Å². The third-order valence-corrected chi connectivity index (χ3v) is 3.30. The van der Waals surface area contributed by atoms with Crippen LogP contribution in [0.3, 0.4) is 0 Å². The molecule has 0 saturated carbocycles. The number of amides is 1. The van der Waals surface area contributed by atoms with Gasteiger partial charge in [0.05, 0.1) is 5.60 Å². The molecule has 0 radical (unpaired) electrons. The van der Waals surface area contributed by atoms with E-state index in [-0.39, 0.29) is 11.5 Å². The average molecular weight is 278 g/mol. The fourth-order valence-corrected chi connectivity index (χ4v) is 2.24. The van der Waals surface area contributed by atoms with Gasteiger partial charge in [0.1, 0.15) is 0 Å². The van der Waals surface area contributed by atoms with Crippen molar-refractivity contribution in [2.24, 2.45) is 0 Å². The van der Waals surface area contributed by atoms with Gasteiger partial charge in [-0.1, -0.05) is 0 Å². The minimum atomic E-state index is -0.141. The van der Waals surface area contributed by atoms with Crippen LogP contribution in [0.25, 0.3) is 0 Å². The molecule has 1 aromatic carbocycles. The Hall–Kier alpha value is -1.55. The van der Waals surface area contributed by atoms with Crippen LogP contribution >= 0.6 is 0 Å². The van der Waals surface area contributed by atoms with Crippen LogP contribution in [0.1, 0.15) is 39.7 Å². The van der Waals surface area contributed by atoms with E-state index in [1.807, 2.05) is 25.1 Å². The van der Waals surface area contributed by atoms with Crippen molar-refractivity contribution in [1.82, 2.24) is 0 Å². The Morgan fingerprint density at radius 3 is 2.55 bits per heavy atom. The lowest BCUT2D eigenvalue weighted by molar-refractivity contribution is -0.114. The van der Waals surface area contributed by atoms with Crippen LogP contribution in [0.4, 0.5) is 11.4 Å². The summed E-state index contributed by atoms with van der Waals surface area (Å²) in [5, 5.41) is 6.28. The second-order valence-electron chi connectivity index (χ2n) is 5.92. The van der Waals surface area contributed by atoms with Crippen molar-refractivity contribution in [3.8, 4) is 0 Å². The number of hydrogen-bond donors (Lipinski definition) is 2. The summed E-state index contributed by atoms with van der Waals surface area (Å²) >= 11 is 0. The molecule has 1 atom stereocenters. The Kier molecular flexibility index (Phi) is 5.57. The molecule has 0 spiro atoms. The van der Waals surface area contributed by atoms with Crippen molar-refractivity contribution in [3.05, 3.63) is 23.8 Å². The molecule has 0 aliphatic carbocycles. The topological polar surface area (TPSA) is 50.4 Å². The fraction of sp³-hybridized carbons (Fsp3) is 0.562. The molecule has 2 N–H and O–H groups in total. The number of nitrogens with one attached hydrogen (secondary N) is 2. The molecule has 0 aliphatic heterocycles. The molecule has 1 rings (SSSR count). The number of carbonyl (C=O) groups excluding carboxylic acids is 1. The first-order valence-electron chi connectivity index (χ1n) is 6.93. The van der Waals surface area contributed by atoms with Crippen LogP contribution in [0, 0.1) is 6.92 Å². The van der Waals surface area contributed by atoms with E-state index in [2.05, 4.69) is 31.4 Å². The summed E-state index contributed by atoms with van der Waals surface area (Å²) in [6.45, 7) is 9.80. The molecule has 1 aromatic rings. The maximum Gasteiger partial charge on any atom is 0.221 e. The molecule has 0 aliphatic rings. The molecule has 112 valence electrons. The molecule has 20 heavy (non-hydrogen) atoms. The van der Waals surface area contributed by atoms with Crippen LogP contribution in [-0.4, -0.2) is 24.7 Å². The van der Waals surface area contributed by atoms with Crippen LogP contribution in [0.5, 0.6) is 0 Å². The van der Waals surface area contributed by atoms with E-state index in [9.17, 15) is 4.79 Å². The van der Waals surface area contributed by atoms with Gasteiger partial charge in [-0.3, -0.25) is 4.79 Å². The number of hydrogen-bond acceptors (Lipinski definition) is 3. The van der Waals surface area contributed by atoms with Crippen LogP contribution in [0.15, 0.2) is 18.2 Å². The van der Waals surface area contributed by atoms with E-state index in [1.54, 1.807) is 7.11 Å². The molecule has 0 heterocycles. The predicted octanol–water partition coefficient (Wildman–Crippen LogP) is 3.57. The van der Waals surface area contributed by atoms with Gasteiger partial charge in [-0.15, -0.1) is 0 Å². The molecule has 4 nitrogen and oxygen atoms in total. The highest BCUT2D eigenvalue weighted by atomic mass is 16.5. The van der Waals surface area contributed by atoms with Crippen LogP contribution < -0.4 is 10.6 Å². The van der Waals surface area contributed by atoms with Crippen molar-refractivity contribution in [2.45, 2.75) is 52.7 Å². The number of benzene rings is 1. The lowest BCUT2D eigenvalue weighted by Gasteiger charge is -2.27. The standard InChI is InChI=1S/C16H26N2O2/c1-11-9-14(7-8-15(11)18-13(3)19)17-12(2)10-16(4,5)20-6/h7-9,12,17H,10H2,1-6H3,(H,18,19). The number of ether oxygens (including phenoxy) is 1. The van der Waals surface area contributed by atoms with Gasteiger partial charge in [0.2, 0.25) is 5.91 Å². The zero-order chi connectivity index (χ0) is 15.3. The second-order valence-corrected chi connectivity index (χ2v) is 5.92.